The average Bonchev–Trinajstić information content (AvgIpc) is 3.22. The summed E-state index contributed by atoms with van der Waals surface area (Å²) in [6.07, 6.45) is 4.95. The fourth-order valence-corrected chi connectivity index (χ4v) is 2.71. The highest BCUT2D eigenvalue weighted by Gasteiger charge is 2.32. The van der Waals surface area contributed by atoms with Crippen LogP contribution in [0.4, 0.5) is 0 Å². The number of carbonyl (C=O) groups is 1. The minimum absolute atomic E-state index is 0.218. The molecular formula is C14H22N4O2. The maximum atomic E-state index is 12.1. The molecule has 2 aliphatic rings. The molecule has 1 aliphatic carbocycles. The number of nitrogens with one attached hydrogen (secondary N) is 1. The summed E-state index contributed by atoms with van der Waals surface area (Å²) < 4.78 is 5.33. The number of aromatic nitrogens is 2. The van der Waals surface area contributed by atoms with Gasteiger partial charge in [0.05, 0.1) is 0 Å². The number of likely N-dealkylation sites (tertiary alicyclic amines) is 1. The second-order valence-electron chi connectivity index (χ2n) is 5.80. The molecule has 1 atom stereocenters. The number of rotatable bonds is 5. The smallest absolute Gasteiger partial charge is 0.229 e. The third-order valence-corrected chi connectivity index (χ3v) is 4.11. The van der Waals surface area contributed by atoms with E-state index in [4.69, 9.17) is 4.52 Å². The number of nitrogens with zero attached hydrogens (tertiary/aromatic N) is 3. The molecule has 1 aliphatic heterocycles. The van der Waals surface area contributed by atoms with Crippen LogP contribution in [0.5, 0.6) is 0 Å². The zero-order chi connectivity index (χ0) is 13.9. The van der Waals surface area contributed by atoms with Gasteiger partial charge >= 0.3 is 0 Å². The molecule has 0 aromatic carbocycles. The topological polar surface area (TPSA) is 71.3 Å². The molecule has 0 bridgehead atoms. The van der Waals surface area contributed by atoms with Crippen molar-refractivity contribution in [1.82, 2.24) is 20.4 Å². The van der Waals surface area contributed by atoms with E-state index in [2.05, 4.69) is 15.5 Å². The van der Waals surface area contributed by atoms with E-state index in [1.165, 1.54) is 12.8 Å². The number of hydrogen-bond acceptors (Lipinski definition) is 5. The van der Waals surface area contributed by atoms with Crippen LogP contribution < -0.4 is 5.32 Å². The SMILES string of the molecule is CNCCC(=O)N1CCCC(c2noc(C3CC3)n2)C1. The summed E-state index contributed by atoms with van der Waals surface area (Å²) in [4.78, 5) is 18.5. The number of piperidine rings is 1. The normalized spacial score (nSPS) is 23.1. The van der Waals surface area contributed by atoms with Gasteiger partial charge in [-0.1, -0.05) is 5.16 Å². The van der Waals surface area contributed by atoms with Crippen molar-refractivity contribution in [1.29, 1.82) is 0 Å². The van der Waals surface area contributed by atoms with Crippen LogP contribution in [0.1, 0.15) is 55.7 Å². The summed E-state index contributed by atoms with van der Waals surface area (Å²) in [5.41, 5.74) is 0. The Hall–Kier alpha value is -1.43. The summed E-state index contributed by atoms with van der Waals surface area (Å²) in [6.45, 7) is 2.31. The lowest BCUT2D eigenvalue weighted by Gasteiger charge is -2.31. The van der Waals surface area contributed by atoms with Crippen LogP contribution >= 0.6 is 0 Å². The summed E-state index contributed by atoms with van der Waals surface area (Å²) in [7, 11) is 1.87. The first-order valence-electron chi connectivity index (χ1n) is 7.54. The van der Waals surface area contributed by atoms with E-state index in [1.807, 2.05) is 11.9 Å². The third kappa shape index (κ3) is 3.00. The lowest BCUT2D eigenvalue weighted by Crippen LogP contribution is -2.40. The zero-order valence-electron chi connectivity index (χ0n) is 12.0. The van der Waals surface area contributed by atoms with Gasteiger partial charge in [-0.3, -0.25) is 4.79 Å². The average molecular weight is 278 g/mol. The Bertz CT molecular complexity index is 469. The van der Waals surface area contributed by atoms with Gasteiger partial charge in [0.15, 0.2) is 5.82 Å². The van der Waals surface area contributed by atoms with Crippen molar-refractivity contribution in [3.8, 4) is 0 Å². The fraction of sp³-hybridized carbons (Fsp3) is 0.786. The van der Waals surface area contributed by atoms with Gasteiger partial charge in [0, 0.05) is 37.9 Å². The van der Waals surface area contributed by atoms with Gasteiger partial charge < -0.3 is 14.7 Å². The van der Waals surface area contributed by atoms with Crippen LogP contribution in [0.25, 0.3) is 0 Å². The van der Waals surface area contributed by atoms with Crippen molar-refractivity contribution in [3.05, 3.63) is 11.7 Å². The second kappa shape index (κ2) is 5.91. The van der Waals surface area contributed by atoms with E-state index in [-0.39, 0.29) is 11.8 Å². The van der Waals surface area contributed by atoms with Crippen LogP contribution in [0.2, 0.25) is 0 Å². The molecule has 1 saturated carbocycles. The van der Waals surface area contributed by atoms with Crippen molar-refractivity contribution in [2.24, 2.45) is 0 Å². The monoisotopic (exact) mass is 278 g/mol. The highest BCUT2D eigenvalue weighted by Crippen LogP contribution is 2.39. The molecule has 2 fully saturated rings. The van der Waals surface area contributed by atoms with Crippen LogP contribution in [0.15, 0.2) is 4.52 Å². The van der Waals surface area contributed by atoms with Crippen molar-refractivity contribution in [2.75, 3.05) is 26.7 Å². The molecule has 1 N–H and O–H groups in total. The van der Waals surface area contributed by atoms with Gasteiger partial charge in [-0.05, 0) is 32.7 Å². The maximum absolute atomic E-state index is 12.1. The van der Waals surface area contributed by atoms with Crippen LogP contribution in [0, 0.1) is 0 Å². The second-order valence-corrected chi connectivity index (χ2v) is 5.80. The Balaban J connectivity index is 1.60. The Morgan fingerprint density at radius 2 is 2.25 bits per heavy atom. The predicted molar refractivity (Wildman–Crippen MR) is 73.4 cm³/mol. The van der Waals surface area contributed by atoms with Gasteiger partial charge in [-0.2, -0.15) is 4.98 Å². The first-order chi connectivity index (χ1) is 9.78. The maximum Gasteiger partial charge on any atom is 0.229 e. The Labute approximate surface area is 118 Å². The molecule has 3 rings (SSSR count). The minimum atomic E-state index is 0.218. The van der Waals surface area contributed by atoms with Crippen LogP contribution in [0.3, 0.4) is 0 Å². The van der Waals surface area contributed by atoms with E-state index >= 15 is 0 Å². The fourth-order valence-electron chi connectivity index (χ4n) is 2.71. The lowest BCUT2D eigenvalue weighted by atomic mass is 9.97. The van der Waals surface area contributed by atoms with Crippen LogP contribution in [-0.4, -0.2) is 47.6 Å². The van der Waals surface area contributed by atoms with Gasteiger partial charge in [-0.15, -0.1) is 0 Å². The molecule has 110 valence electrons. The Kier molecular flexibility index (Phi) is 4.00. The number of carbonyl (C=O) groups excluding carboxylic acids is 1. The van der Waals surface area contributed by atoms with Crippen molar-refractivity contribution in [3.63, 3.8) is 0 Å². The molecule has 2 heterocycles. The van der Waals surface area contributed by atoms with E-state index in [0.29, 0.717) is 12.3 Å². The third-order valence-electron chi connectivity index (χ3n) is 4.11. The summed E-state index contributed by atoms with van der Waals surface area (Å²) in [5, 5.41) is 7.14. The highest BCUT2D eigenvalue weighted by atomic mass is 16.5. The summed E-state index contributed by atoms with van der Waals surface area (Å²) >= 11 is 0. The van der Waals surface area contributed by atoms with Gasteiger partial charge in [0.25, 0.3) is 0 Å². The lowest BCUT2D eigenvalue weighted by molar-refractivity contribution is -0.132. The standard InChI is InChI=1S/C14H22N4O2/c1-15-7-6-12(19)18-8-2-3-11(9-18)13-16-14(20-17-13)10-4-5-10/h10-11,15H,2-9H2,1H3. The zero-order valence-corrected chi connectivity index (χ0v) is 12.0. The first kappa shape index (κ1) is 13.5. The highest BCUT2D eigenvalue weighted by molar-refractivity contribution is 5.76. The molecule has 1 aromatic rings. The van der Waals surface area contributed by atoms with E-state index in [9.17, 15) is 4.79 Å². The van der Waals surface area contributed by atoms with Gasteiger partial charge in [0.2, 0.25) is 11.8 Å². The van der Waals surface area contributed by atoms with Gasteiger partial charge in [-0.25, -0.2) is 0 Å². The van der Waals surface area contributed by atoms with E-state index < -0.39 is 0 Å². The molecule has 0 radical (unpaired) electrons. The Morgan fingerprint density at radius 1 is 1.40 bits per heavy atom. The first-order valence-corrected chi connectivity index (χ1v) is 7.54. The molecule has 1 unspecified atom stereocenters. The number of amides is 1. The molecule has 1 aromatic heterocycles. The molecule has 0 spiro atoms. The Morgan fingerprint density at radius 3 is 3.00 bits per heavy atom. The largest absolute Gasteiger partial charge is 0.342 e. The molecule has 6 heteroatoms. The van der Waals surface area contributed by atoms with Gasteiger partial charge in [0.1, 0.15) is 0 Å². The van der Waals surface area contributed by atoms with Crippen molar-refractivity contribution < 1.29 is 9.32 Å². The predicted octanol–water partition coefficient (Wildman–Crippen LogP) is 1.26. The molecule has 20 heavy (non-hydrogen) atoms. The minimum Gasteiger partial charge on any atom is -0.342 e. The van der Waals surface area contributed by atoms with Crippen LogP contribution in [-0.2, 0) is 4.79 Å². The molecular weight excluding hydrogens is 256 g/mol. The quantitative estimate of drug-likeness (QED) is 0.878. The van der Waals surface area contributed by atoms with E-state index in [0.717, 1.165) is 44.2 Å². The van der Waals surface area contributed by atoms with Crippen molar-refractivity contribution in [2.45, 2.75) is 43.9 Å². The molecule has 1 saturated heterocycles. The molecule has 1 amide bonds. The number of hydrogen-bond donors (Lipinski definition) is 1. The van der Waals surface area contributed by atoms with E-state index in [1.54, 1.807) is 0 Å². The summed E-state index contributed by atoms with van der Waals surface area (Å²) in [6, 6.07) is 0. The molecule has 6 nitrogen and oxygen atoms in total. The van der Waals surface area contributed by atoms with Crippen molar-refractivity contribution >= 4 is 5.91 Å². The summed E-state index contributed by atoms with van der Waals surface area (Å²) in [5.74, 6) is 2.53.